The van der Waals surface area contributed by atoms with Crippen LogP contribution in [0.5, 0.6) is 17.2 Å². The van der Waals surface area contributed by atoms with Gasteiger partial charge in [-0.1, -0.05) is 60.7 Å². The van der Waals surface area contributed by atoms with E-state index >= 15 is 0 Å². The molecular formula is C29H25N3O3. The van der Waals surface area contributed by atoms with E-state index in [-0.39, 0.29) is 5.75 Å². The van der Waals surface area contributed by atoms with Gasteiger partial charge in [-0.2, -0.15) is 0 Å². The second kappa shape index (κ2) is 10.1. The van der Waals surface area contributed by atoms with Crippen molar-refractivity contribution in [2.45, 2.75) is 12.6 Å². The quantitative estimate of drug-likeness (QED) is 0.289. The number of phenolic OH excluding ortho intramolecular Hbond substituents is 1. The number of aromatic hydroxyl groups is 1. The van der Waals surface area contributed by atoms with E-state index in [1.54, 1.807) is 19.5 Å². The summed E-state index contributed by atoms with van der Waals surface area (Å²) in [4.78, 5) is 8.81. The molecule has 6 nitrogen and oxygen atoms in total. The molecule has 0 radical (unpaired) electrons. The number of anilines is 1. The fourth-order valence-corrected chi connectivity index (χ4v) is 4.03. The van der Waals surface area contributed by atoms with Gasteiger partial charge in [-0.25, -0.2) is 4.98 Å². The number of benzene rings is 3. The lowest BCUT2D eigenvalue weighted by Crippen LogP contribution is -2.14. The third-order valence-corrected chi connectivity index (χ3v) is 5.81. The summed E-state index contributed by atoms with van der Waals surface area (Å²) in [5.41, 5.74) is 3.18. The molecule has 0 aliphatic rings. The van der Waals surface area contributed by atoms with Crippen LogP contribution < -0.4 is 14.8 Å². The van der Waals surface area contributed by atoms with E-state index in [0.29, 0.717) is 35.0 Å². The predicted molar refractivity (Wildman–Crippen MR) is 137 cm³/mol. The minimum Gasteiger partial charge on any atom is -0.505 e. The van der Waals surface area contributed by atoms with Gasteiger partial charge < -0.3 is 19.9 Å². The molecule has 0 unspecified atom stereocenters. The lowest BCUT2D eigenvalue weighted by Gasteiger charge is -2.23. The maximum atomic E-state index is 11.2. The highest BCUT2D eigenvalue weighted by molar-refractivity contribution is 5.86. The zero-order valence-electron chi connectivity index (χ0n) is 19.3. The van der Waals surface area contributed by atoms with Gasteiger partial charge in [-0.15, -0.1) is 0 Å². The lowest BCUT2D eigenvalue weighted by molar-refractivity contribution is 0.284. The minimum absolute atomic E-state index is 0.125. The zero-order chi connectivity index (χ0) is 24.0. The van der Waals surface area contributed by atoms with Gasteiger partial charge >= 0.3 is 0 Å². The molecule has 2 N–H and O–H groups in total. The van der Waals surface area contributed by atoms with E-state index in [4.69, 9.17) is 9.47 Å². The van der Waals surface area contributed by atoms with Crippen molar-refractivity contribution >= 4 is 16.7 Å². The van der Waals surface area contributed by atoms with Gasteiger partial charge in [0.15, 0.2) is 11.5 Å². The normalized spacial score (nSPS) is 11.7. The number of pyridine rings is 2. The fourth-order valence-electron chi connectivity index (χ4n) is 4.03. The highest BCUT2D eigenvalue weighted by Crippen LogP contribution is 2.39. The average molecular weight is 464 g/mol. The van der Waals surface area contributed by atoms with Crippen LogP contribution in [0.3, 0.4) is 0 Å². The molecule has 5 aromatic rings. The summed E-state index contributed by atoms with van der Waals surface area (Å²) in [5, 5.41) is 15.5. The molecule has 0 fully saturated rings. The minimum atomic E-state index is -0.409. The molecule has 0 bridgehead atoms. The Hall–Kier alpha value is -4.58. The van der Waals surface area contributed by atoms with Crippen LogP contribution in [0.1, 0.15) is 22.7 Å². The Morgan fingerprint density at radius 1 is 0.829 bits per heavy atom. The van der Waals surface area contributed by atoms with Crippen molar-refractivity contribution in [3.63, 3.8) is 0 Å². The van der Waals surface area contributed by atoms with Crippen molar-refractivity contribution in [3.05, 3.63) is 120 Å². The number of ether oxygens (including phenoxy) is 2. The third kappa shape index (κ3) is 4.87. The van der Waals surface area contributed by atoms with Crippen molar-refractivity contribution in [3.8, 4) is 17.2 Å². The summed E-state index contributed by atoms with van der Waals surface area (Å²) in [6.45, 7) is 0.434. The van der Waals surface area contributed by atoms with Gasteiger partial charge in [0, 0.05) is 23.3 Å². The summed E-state index contributed by atoms with van der Waals surface area (Å²) in [6, 6.07) is 28.6. The van der Waals surface area contributed by atoms with E-state index in [1.165, 1.54) is 0 Å². The molecule has 0 saturated carbocycles. The van der Waals surface area contributed by atoms with Gasteiger partial charge in [0.2, 0.25) is 0 Å². The van der Waals surface area contributed by atoms with Gasteiger partial charge in [-0.05, 0) is 41.5 Å². The number of nitrogens with one attached hydrogen (secondary N) is 1. The van der Waals surface area contributed by atoms with Crippen LogP contribution in [0.25, 0.3) is 10.9 Å². The Kier molecular flexibility index (Phi) is 6.44. The topological polar surface area (TPSA) is 76.5 Å². The Morgan fingerprint density at radius 2 is 1.66 bits per heavy atom. The van der Waals surface area contributed by atoms with E-state index in [1.807, 2.05) is 91.0 Å². The highest BCUT2D eigenvalue weighted by atomic mass is 16.5. The molecule has 35 heavy (non-hydrogen) atoms. The number of rotatable bonds is 8. The molecule has 6 heteroatoms. The van der Waals surface area contributed by atoms with Crippen LogP contribution in [0.2, 0.25) is 0 Å². The van der Waals surface area contributed by atoms with Gasteiger partial charge in [0.25, 0.3) is 0 Å². The summed E-state index contributed by atoms with van der Waals surface area (Å²) >= 11 is 0. The zero-order valence-corrected chi connectivity index (χ0v) is 19.3. The smallest absolute Gasteiger partial charge is 0.161 e. The number of fused-ring (bicyclic) bond motifs is 1. The lowest BCUT2D eigenvalue weighted by atomic mass is 9.95. The first-order valence-electron chi connectivity index (χ1n) is 11.3. The van der Waals surface area contributed by atoms with Crippen LogP contribution in [0.15, 0.2) is 103 Å². The third-order valence-electron chi connectivity index (χ3n) is 5.81. The summed E-state index contributed by atoms with van der Waals surface area (Å²) in [5.74, 6) is 2.05. The molecule has 0 aliphatic heterocycles. The molecule has 0 amide bonds. The first-order valence-corrected chi connectivity index (χ1v) is 11.3. The molecular weight excluding hydrogens is 438 g/mol. The number of aromatic nitrogens is 2. The Balaban J connectivity index is 1.53. The number of hydrogen-bond acceptors (Lipinski definition) is 6. The van der Waals surface area contributed by atoms with Crippen molar-refractivity contribution in [1.82, 2.24) is 9.97 Å². The average Bonchev–Trinajstić information content (AvgIpc) is 2.92. The molecule has 0 spiro atoms. The largest absolute Gasteiger partial charge is 0.505 e. The second-order valence-electron chi connectivity index (χ2n) is 8.06. The monoisotopic (exact) mass is 463 g/mol. The van der Waals surface area contributed by atoms with Crippen LogP contribution >= 0.6 is 0 Å². The van der Waals surface area contributed by atoms with Crippen molar-refractivity contribution in [1.29, 1.82) is 0 Å². The Labute approximate surface area is 203 Å². The maximum absolute atomic E-state index is 11.2. The highest BCUT2D eigenvalue weighted by Gasteiger charge is 2.22. The van der Waals surface area contributed by atoms with Crippen LogP contribution in [-0.4, -0.2) is 22.2 Å². The second-order valence-corrected chi connectivity index (χ2v) is 8.06. The summed E-state index contributed by atoms with van der Waals surface area (Å²) < 4.78 is 11.7. The number of hydrogen-bond donors (Lipinski definition) is 2. The van der Waals surface area contributed by atoms with Crippen molar-refractivity contribution in [2.75, 3.05) is 12.4 Å². The molecule has 0 saturated heterocycles. The van der Waals surface area contributed by atoms with Gasteiger partial charge in [0.1, 0.15) is 23.7 Å². The fraction of sp³-hybridized carbons (Fsp3) is 0.103. The standard InChI is InChI=1S/C29H25N3O3/c1-34-25-18-22(13-15-24(25)35-19-20-8-3-2-4-9-20)27(32-26-11-5-6-16-30-26)23-14-12-21-10-7-17-31-28(21)29(23)33/h2-18,27,33H,19H2,1H3,(H,30,32)/t27-/m0/s1. The molecule has 0 aliphatic carbocycles. The number of methoxy groups -OCH3 is 1. The molecule has 2 aromatic heterocycles. The van der Waals surface area contributed by atoms with Crippen molar-refractivity contribution < 1.29 is 14.6 Å². The molecule has 174 valence electrons. The Morgan fingerprint density at radius 3 is 2.46 bits per heavy atom. The first kappa shape index (κ1) is 22.2. The number of phenols is 1. The number of nitrogens with zero attached hydrogens (tertiary/aromatic N) is 2. The maximum Gasteiger partial charge on any atom is 0.161 e. The van der Waals surface area contributed by atoms with E-state index in [2.05, 4.69) is 15.3 Å². The van der Waals surface area contributed by atoms with Gasteiger partial charge in [0.05, 0.1) is 13.2 Å². The predicted octanol–water partition coefficient (Wildman–Crippen LogP) is 6.12. The van der Waals surface area contributed by atoms with Crippen molar-refractivity contribution in [2.24, 2.45) is 0 Å². The van der Waals surface area contributed by atoms with Crippen LogP contribution in [-0.2, 0) is 6.61 Å². The molecule has 2 heterocycles. The molecule has 5 rings (SSSR count). The van der Waals surface area contributed by atoms with Gasteiger partial charge in [-0.3, -0.25) is 4.98 Å². The van der Waals surface area contributed by atoms with Crippen LogP contribution in [0, 0.1) is 0 Å². The van der Waals surface area contributed by atoms with E-state index in [0.717, 1.165) is 16.5 Å². The summed E-state index contributed by atoms with van der Waals surface area (Å²) in [6.07, 6.45) is 3.40. The molecule has 3 aromatic carbocycles. The summed E-state index contributed by atoms with van der Waals surface area (Å²) in [7, 11) is 1.62. The first-order chi connectivity index (χ1) is 17.2. The molecule has 1 atom stereocenters. The SMILES string of the molecule is COc1cc([C@H](Nc2ccccn2)c2ccc3cccnc3c2O)ccc1OCc1ccccc1. The Bertz CT molecular complexity index is 1430. The van der Waals surface area contributed by atoms with Crippen LogP contribution in [0.4, 0.5) is 5.82 Å². The van der Waals surface area contributed by atoms with E-state index < -0.39 is 6.04 Å². The van der Waals surface area contributed by atoms with E-state index in [9.17, 15) is 5.11 Å².